The smallest absolute Gasteiger partial charge is 0.227 e. The fraction of sp³-hybridized carbons (Fsp3) is 0.462. The van der Waals surface area contributed by atoms with Gasteiger partial charge in [0.25, 0.3) is 0 Å². The number of ether oxygens (including phenoxy) is 1. The van der Waals surface area contributed by atoms with Crippen LogP contribution >= 0.6 is 0 Å². The van der Waals surface area contributed by atoms with Crippen LogP contribution in [-0.4, -0.2) is 18.6 Å². The molecule has 0 fully saturated rings. The first-order valence-corrected chi connectivity index (χ1v) is 5.99. The van der Waals surface area contributed by atoms with Crippen LogP contribution in [0.25, 0.3) is 0 Å². The van der Waals surface area contributed by atoms with Gasteiger partial charge in [0, 0.05) is 6.42 Å². The van der Waals surface area contributed by atoms with E-state index in [1.807, 2.05) is 13.8 Å². The van der Waals surface area contributed by atoms with E-state index >= 15 is 0 Å². The van der Waals surface area contributed by atoms with Crippen molar-refractivity contribution in [2.24, 2.45) is 0 Å². The molecular weight excluding hydrogens is 240 g/mol. The van der Waals surface area contributed by atoms with Gasteiger partial charge in [-0.05, 0) is 25.5 Å². The van der Waals surface area contributed by atoms with E-state index in [0.717, 1.165) is 6.07 Å². The molecule has 1 aromatic rings. The van der Waals surface area contributed by atoms with E-state index in [0.29, 0.717) is 18.5 Å². The highest BCUT2D eigenvalue weighted by Crippen LogP contribution is 2.37. The Labute approximate surface area is 104 Å². The van der Waals surface area contributed by atoms with Crippen LogP contribution in [0.5, 0.6) is 5.75 Å². The normalized spacial score (nSPS) is 18.2. The zero-order valence-electron chi connectivity index (χ0n) is 10.4. The van der Waals surface area contributed by atoms with Crippen LogP contribution in [0.1, 0.15) is 26.7 Å². The van der Waals surface area contributed by atoms with Crippen molar-refractivity contribution in [3.8, 4) is 5.75 Å². The monoisotopic (exact) mass is 255 g/mol. The van der Waals surface area contributed by atoms with Crippen LogP contribution in [0.4, 0.5) is 14.5 Å². The third kappa shape index (κ3) is 2.05. The molecule has 0 aromatic heterocycles. The number of rotatable bonds is 2. The summed E-state index contributed by atoms with van der Waals surface area (Å²) in [7, 11) is 0. The minimum atomic E-state index is -1.03. The third-order valence-electron chi connectivity index (χ3n) is 2.93. The van der Waals surface area contributed by atoms with Gasteiger partial charge in [-0.1, -0.05) is 6.92 Å². The molecule has 18 heavy (non-hydrogen) atoms. The van der Waals surface area contributed by atoms with E-state index in [4.69, 9.17) is 4.74 Å². The van der Waals surface area contributed by atoms with Crippen molar-refractivity contribution in [1.29, 1.82) is 0 Å². The lowest BCUT2D eigenvalue weighted by atomic mass is 10.1. The average Bonchev–Trinajstić information content (AvgIpc) is 2.34. The molecule has 1 aliphatic rings. The molecule has 1 atom stereocenters. The van der Waals surface area contributed by atoms with Gasteiger partial charge in [-0.2, -0.15) is 4.39 Å². The predicted octanol–water partition coefficient (Wildman–Crippen LogP) is 2.88. The van der Waals surface area contributed by atoms with E-state index in [2.05, 4.69) is 0 Å². The number of carbonyl (C=O) groups excluding carboxylic acids is 1. The molecule has 5 heteroatoms. The molecule has 0 unspecified atom stereocenters. The van der Waals surface area contributed by atoms with Gasteiger partial charge in [0.05, 0.1) is 11.7 Å². The highest BCUT2D eigenvalue weighted by atomic mass is 19.2. The van der Waals surface area contributed by atoms with Crippen LogP contribution in [0.2, 0.25) is 0 Å². The van der Waals surface area contributed by atoms with Crippen molar-refractivity contribution in [3.05, 3.63) is 23.8 Å². The average molecular weight is 255 g/mol. The summed E-state index contributed by atoms with van der Waals surface area (Å²) in [6, 6.07) is 2.22. The summed E-state index contributed by atoms with van der Waals surface area (Å²) in [6.07, 6.45) is 1.09. The van der Waals surface area contributed by atoms with Crippen molar-refractivity contribution >= 4 is 11.6 Å². The van der Waals surface area contributed by atoms with Gasteiger partial charge in [-0.3, -0.25) is 4.79 Å². The second-order valence-corrected chi connectivity index (χ2v) is 4.38. The third-order valence-corrected chi connectivity index (χ3v) is 2.93. The summed E-state index contributed by atoms with van der Waals surface area (Å²) in [5.41, 5.74) is 0.311. The molecule has 1 heterocycles. The van der Waals surface area contributed by atoms with E-state index in [9.17, 15) is 13.6 Å². The Bertz CT molecular complexity index is 476. The fourth-order valence-electron chi connectivity index (χ4n) is 2.08. The molecule has 98 valence electrons. The lowest BCUT2D eigenvalue weighted by Gasteiger charge is -2.35. The van der Waals surface area contributed by atoms with E-state index in [-0.39, 0.29) is 24.3 Å². The van der Waals surface area contributed by atoms with Gasteiger partial charge in [0.1, 0.15) is 6.61 Å². The Morgan fingerprint density at radius 2 is 2.22 bits per heavy atom. The number of nitrogens with zero attached hydrogens (tertiary/aromatic N) is 1. The van der Waals surface area contributed by atoms with Crippen LogP contribution in [-0.2, 0) is 4.79 Å². The first-order valence-electron chi connectivity index (χ1n) is 5.99. The Hall–Kier alpha value is -1.65. The zero-order valence-corrected chi connectivity index (χ0v) is 10.4. The van der Waals surface area contributed by atoms with E-state index in [1.165, 1.54) is 11.0 Å². The Kier molecular flexibility index (Phi) is 3.50. The molecule has 0 radical (unpaired) electrons. The van der Waals surface area contributed by atoms with Crippen molar-refractivity contribution in [2.75, 3.05) is 11.5 Å². The van der Waals surface area contributed by atoms with E-state index in [1.54, 1.807) is 0 Å². The molecule has 1 aliphatic heterocycles. The van der Waals surface area contributed by atoms with Crippen LogP contribution in [0.15, 0.2) is 12.1 Å². The maximum atomic E-state index is 13.6. The molecular formula is C13H15F2NO2. The molecule has 0 saturated heterocycles. The second kappa shape index (κ2) is 4.92. The topological polar surface area (TPSA) is 29.5 Å². The number of benzene rings is 1. The molecule has 0 saturated carbocycles. The Morgan fingerprint density at radius 1 is 1.50 bits per heavy atom. The maximum absolute atomic E-state index is 13.6. The first-order chi connectivity index (χ1) is 8.56. The zero-order chi connectivity index (χ0) is 13.3. The second-order valence-electron chi connectivity index (χ2n) is 4.38. The quantitative estimate of drug-likeness (QED) is 0.813. The molecule has 0 spiro atoms. The van der Waals surface area contributed by atoms with Gasteiger partial charge >= 0.3 is 0 Å². The molecule has 0 N–H and O–H groups in total. The number of anilines is 1. The number of fused-ring (bicyclic) bond motifs is 1. The van der Waals surface area contributed by atoms with Crippen LogP contribution < -0.4 is 9.64 Å². The number of carbonyl (C=O) groups is 1. The number of hydrogen-bond acceptors (Lipinski definition) is 2. The predicted molar refractivity (Wildman–Crippen MR) is 63.7 cm³/mol. The molecule has 1 aromatic carbocycles. The standard InChI is InChI=1S/C13H15F2NO2/c1-3-4-11(17)16-8(2)7-18-13-10(16)6-5-9(14)12(13)15/h5-6,8H,3-4,7H2,1-2H3/t8-/m1/s1. The lowest BCUT2D eigenvalue weighted by Crippen LogP contribution is -2.45. The summed E-state index contributed by atoms with van der Waals surface area (Å²) in [4.78, 5) is 13.5. The molecule has 0 bridgehead atoms. The minimum absolute atomic E-state index is 0.0967. The SMILES string of the molecule is CCCC(=O)N1c2ccc(F)c(F)c2OC[C@H]1C. The Balaban J connectivity index is 2.45. The van der Waals surface area contributed by atoms with E-state index < -0.39 is 11.6 Å². The largest absolute Gasteiger partial charge is 0.486 e. The molecule has 2 rings (SSSR count). The highest BCUT2D eigenvalue weighted by molar-refractivity contribution is 5.95. The van der Waals surface area contributed by atoms with Crippen LogP contribution in [0.3, 0.4) is 0 Å². The molecule has 3 nitrogen and oxygen atoms in total. The van der Waals surface area contributed by atoms with Gasteiger partial charge in [0.15, 0.2) is 11.6 Å². The van der Waals surface area contributed by atoms with Crippen molar-refractivity contribution < 1.29 is 18.3 Å². The number of halogens is 2. The van der Waals surface area contributed by atoms with Crippen molar-refractivity contribution in [3.63, 3.8) is 0 Å². The van der Waals surface area contributed by atoms with Gasteiger partial charge in [0.2, 0.25) is 11.7 Å². The van der Waals surface area contributed by atoms with Crippen molar-refractivity contribution in [2.45, 2.75) is 32.7 Å². The lowest BCUT2D eigenvalue weighted by molar-refractivity contribution is -0.119. The van der Waals surface area contributed by atoms with Crippen molar-refractivity contribution in [1.82, 2.24) is 0 Å². The minimum Gasteiger partial charge on any atom is -0.486 e. The van der Waals surface area contributed by atoms with Crippen LogP contribution in [0, 0.1) is 11.6 Å². The fourth-order valence-corrected chi connectivity index (χ4v) is 2.08. The molecule has 1 amide bonds. The van der Waals surface area contributed by atoms with Gasteiger partial charge < -0.3 is 9.64 Å². The first kappa shape index (κ1) is 12.8. The number of amides is 1. The molecule has 0 aliphatic carbocycles. The summed E-state index contributed by atoms with van der Waals surface area (Å²) in [5.74, 6) is -2.27. The summed E-state index contributed by atoms with van der Waals surface area (Å²) in [6.45, 7) is 3.88. The Morgan fingerprint density at radius 3 is 2.89 bits per heavy atom. The summed E-state index contributed by atoms with van der Waals surface area (Å²) < 4.78 is 31.9. The maximum Gasteiger partial charge on any atom is 0.227 e. The highest BCUT2D eigenvalue weighted by Gasteiger charge is 2.31. The summed E-state index contributed by atoms with van der Waals surface area (Å²) >= 11 is 0. The summed E-state index contributed by atoms with van der Waals surface area (Å²) in [5, 5.41) is 0. The number of hydrogen-bond donors (Lipinski definition) is 0. The van der Waals surface area contributed by atoms with Gasteiger partial charge in [-0.25, -0.2) is 4.39 Å². The van der Waals surface area contributed by atoms with Gasteiger partial charge in [-0.15, -0.1) is 0 Å².